The summed E-state index contributed by atoms with van der Waals surface area (Å²) in [5, 5.41) is 0. The van der Waals surface area contributed by atoms with E-state index in [-0.39, 0.29) is 5.97 Å². The normalized spacial score (nSPS) is 27.2. The van der Waals surface area contributed by atoms with E-state index in [1.54, 1.807) is 0 Å². The van der Waals surface area contributed by atoms with E-state index in [0.29, 0.717) is 13.0 Å². The van der Waals surface area contributed by atoms with Crippen LogP contribution in [0.4, 0.5) is 0 Å². The minimum Gasteiger partial charge on any atom is -0.466 e. The summed E-state index contributed by atoms with van der Waals surface area (Å²) in [6.07, 6.45) is 17.1. The third-order valence-corrected chi connectivity index (χ3v) is 3.81. The molecule has 2 heteroatoms. The highest BCUT2D eigenvalue weighted by atomic mass is 16.5. The van der Waals surface area contributed by atoms with Crippen molar-refractivity contribution in [1.82, 2.24) is 0 Å². The number of hydrogen-bond donors (Lipinski definition) is 0. The Balaban J connectivity index is 2.25. The van der Waals surface area contributed by atoms with Crippen LogP contribution in [0.2, 0.25) is 0 Å². The highest BCUT2D eigenvalue weighted by Crippen LogP contribution is 2.14. The Bertz CT molecular complexity index is 258. The van der Waals surface area contributed by atoms with E-state index in [2.05, 4.69) is 19.1 Å². The summed E-state index contributed by atoms with van der Waals surface area (Å²) < 4.78 is 5.25. The average molecular weight is 266 g/mol. The number of carbonyl (C=O) groups is 1. The van der Waals surface area contributed by atoms with Gasteiger partial charge in [0.25, 0.3) is 0 Å². The Hall–Kier alpha value is -0.790. The van der Waals surface area contributed by atoms with Gasteiger partial charge in [-0.1, -0.05) is 44.8 Å². The fourth-order valence-corrected chi connectivity index (χ4v) is 2.48. The average Bonchev–Trinajstić information content (AvgIpc) is 2.39. The van der Waals surface area contributed by atoms with Crippen LogP contribution in [0, 0.1) is 5.92 Å². The molecule has 0 aliphatic carbocycles. The molecule has 1 rings (SSSR count). The van der Waals surface area contributed by atoms with E-state index in [0.717, 1.165) is 25.2 Å². The molecular formula is C17H30O2. The zero-order valence-corrected chi connectivity index (χ0v) is 12.5. The van der Waals surface area contributed by atoms with Gasteiger partial charge >= 0.3 is 5.97 Å². The zero-order chi connectivity index (χ0) is 13.8. The standard InChI is InChI=1S/C17H30O2/c1-16-12-8-6-4-2-3-5-7-9-14-17(18)19-15-11-10-13-16/h6,8,16H,2-5,7,9-15H2,1H3/b8-6-. The van der Waals surface area contributed by atoms with E-state index in [9.17, 15) is 4.79 Å². The van der Waals surface area contributed by atoms with Gasteiger partial charge in [-0.2, -0.15) is 0 Å². The number of ether oxygens (including phenoxy) is 1. The van der Waals surface area contributed by atoms with Gasteiger partial charge in [-0.25, -0.2) is 0 Å². The smallest absolute Gasteiger partial charge is 0.305 e. The van der Waals surface area contributed by atoms with Crippen LogP contribution in [0.25, 0.3) is 0 Å². The fourth-order valence-electron chi connectivity index (χ4n) is 2.48. The van der Waals surface area contributed by atoms with E-state index in [4.69, 9.17) is 4.74 Å². The van der Waals surface area contributed by atoms with Gasteiger partial charge in [-0.15, -0.1) is 0 Å². The van der Waals surface area contributed by atoms with Gasteiger partial charge in [-0.05, 0) is 44.4 Å². The first-order chi connectivity index (χ1) is 9.29. The highest BCUT2D eigenvalue weighted by molar-refractivity contribution is 5.69. The van der Waals surface area contributed by atoms with Crippen LogP contribution < -0.4 is 0 Å². The maximum Gasteiger partial charge on any atom is 0.305 e. The van der Waals surface area contributed by atoms with Crippen LogP contribution in [0.3, 0.4) is 0 Å². The molecule has 0 fully saturated rings. The number of carbonyl (C=O) groups excluding carboxylic acids is 1. The first kappa shape index (κ1) is 16.3. The van der Waals surface area contributed by atoms with Gasteiger partial charge in [0.05, 0.1) is 6.61 Å². The second-order valence-electron chi connectivity index (χ2n) is 5.83. The molecule has 2 nitrogen and oxygen atoms in total. The van der Waals surface area contributed by atoms with Crippen molar-refractivity contribution < 1.29 is 9.53 Å². The molecule has 0 radical (unpaired) electrons. The molecular weight excluding hydrogens is 236 g/mol. The molecule has 0 N–H and O–H groups in total. The topological polar surface area (TPSA) is 26.3 Å². The van der Waals surface area contributed by atoms with Crippen LogP contribution in [0.1, 0.15) is 77.6 Å². The summed E-state index contributed by atoms with van der Waals surface area (Å²) in [4.78, 5) is 11.5. The minimum absolute atomic E-state index is 0.000897. The Kier molecular flexibility index (Phi) is 9.48. The lowest BCUT2D eigenvalue weighted by molar-refractivity contribution is -0.143. The van der Waals surface area contributed by atoms with E-state index in [1.165, 1.54) is 44.9 Å². The van der Waals surface area contributed by atoms with Crippen molar-refractivity contribution in [2.45, 2.75) is 77.6 Å². The summed E-state index contributed by atoms with van der Waals surface area (Å²) >= 11 is 0. The van der Waals surface area contributed by atoms with Crippen molar-refractivity contribution in [1.29, 1.82) is 0 Å². The third-order valence-electron chi connectivity index (χ3n) is 3.81. The summed E-state index contributed by atoms with van der Waals surface area (Å²) in [5.74, 6) is 0.752. The van der Waals surface area contributed by atoms with E-state index < -0.39 is 0 Å². The third kappa shape index (κ3) is 9.75. The first-order valence-electron chi connectivity index (χ1n) is 8.09. The molecule has 19 heavy (non-hydrogen) atoms. The number of allylic oxidation sites excluding steroid dienone is 2. The molecule has 1 aliphatic rings. The van der Waals surface area contributed by atoms with E-state index in [1.807, 2.05) is 0 Å². The maximum atomic E-state index is 11.5. The van der Waals surface area contributed by atoms with Crippen LogP contribution >= 0.6 is 0 Å². The molecule has 1 heterocycles. The Labute approximate surface area is 118 Å². The van der Waals surface area contributed by atoms with Gasteiger partial charge in [0.2, 0.25) is 0 Å². The highest BCUT2D eigenvalue weighted by Gasteiger charge is 2.04. The molecule has 0 aromatic carbocycles. The molecule has 1 unspecified atom stereocenters. The van der Waals surface area contributed by atoms with Crippen LogP contribution in [0.5, 0.6) is 0 Å². The van der Waals surface area contributed by atoms with Crippen LogP contribution in [-0.2, 0) is 9.53 Å². The molecule has 0 amide bonds. The lowest BCUT2D eigenvalue weighted by Gasteiger charge is -2.08. The Morgan fingerprint density at radius 1 is 1.00 bits per heavy atom. The first-order valence-corrected chi connectivity index (χ1v) is 8.09. The zero-order valence-electron chi connectivity index (χ0n) is 12.5. The van der Waals surface area contributed by atoms with Crippen molar-refractivity contribution in [3.05, 3.63) is 12.2 Å². The fraction of sp³-hybridized carbons (Fsp3) is 0.824. The monoisotopic (exact) mass is 266 g/mol. The molecule has 0 bridgehead atoms. The quantitative estimate of drug-likeness (QED) is 0.454. The molecule has 0 spiro atoms. The molecule has 1 atom stereocenters. The maximum absolute atomic E-state index is 11.5. The van der Waals surface area contributed by atoms with Gasteiger partial charge in [0.1, 0.15) is 0 Å². The van der Waals surface area contributed by atoms with Crippen LogP contribution in [-0.4, -0.2) is 12.6 Å². The lowest BCUT2D eigenvalue weighted by Crippen LogP contribution is -2.06. The predicted molar refractivity (Wildman–Crippen MR) is 80.1 cm³/mol. The number of cyclic esters (lactones) is 1. The molecule has 1 aliphatic heterocycles. The summed E-state index contributed by atoms with van der Waals surface area (Å²) in [7, 11) is 0. The second-order valence-corrected chi connectivity index (χ2v) is 5.83. The molecule has 0 saturated carbocycles. The molecule has 0 aromatic heterocycles. The summed E-state index contributed by atoms with van der Waals surface area (Å²) in [6.45, 7) is 2.92. The van der Waals surface area contributed by atoms with Crippen molar-refractivity contribution in [3.8, 4) is 0 Å². The van der Waals surface area contributed by atoms with Gasteiger partial charge < -0.3 is 4.74 Å². The molecule has 0 aromatic rings. The van der Waals surface area contributed by atoms with Crippen molar-refractivity contribution in [2.75, 3.05) is 6.61 Å². The van der Waals surface area contributed by atoms with Crippen molar-refractivity contribution in [2.24, 2.45) is 5.92 Å². The number of rotatable bonds is 0. The largest absolute Gasteiger partial charge is 0.466 e. The van der Waals surface area contributed by atoms with Gasteiger partial charge in [-0.3, -0.25) is 4.79 Å². The lowest BCUT2D eigenvalue weighted by atomic mass is 10.00. The minimum atomic E-state index is -0.000897. The molecule has 110 valence electrons. The number of hydrogen-bond acceptors (Lipinski definition) is 2. The Morgan fingerprint density at radius 2 is 1.79 bits per heavy atom. The van der Waals surface area contributed by atoms with E-state index >= 15 is 0 Å². The predicted octanol–water partition coefficient (Wildman–Crippen LogP) is 5.03. The number of esters is 1. The van der Waals surface area contributed by atoms with Gasteiger partial charge in [0, 0.05) is 6.42 Å². The summed E-state index contributed by atoms with van der Waals surface area (Å²) in [6, 6.07) is 0. The summed E-state index contributed by atoms with van der Waals surface area (Å²) in [5.41, 5.74) is 0. The second kappa shape index (κ2) is 11.1. The molecule has 0 saturated heterocycles. The SMILES string of the molecule is CC1C/C=C\CCCCCCCC(=O)OCCCC1. The van der Waals surface area contributed by atoms with Crippen molar-refractivity contribution >= 4 is 5.97 Å². The van der Waals surface area contributed by atoms with Crippen LogP contribution in [0.15, 0.2) is 12.2 Å². The van der Waals surface area contributed by atoms with Crippen molar-refractivity contribution in [3.63, 3.8) is 0 Å². The van der Waals surface area contributed by atoms with Gasteiger partial charge in [0.15, 0.2) is 0 Å². The Morgan fingerprint density at radius 3 is 2.68 bits per heavy atom.